The van der Waals surface area contributed by atoms with E-state index < -0.39 is 36.7 Å². The Hall–Kier alpha value is -3.01. The highest BCUT2D eigenvalue weighted by Crippen LogP contribution is 2.23. The molecule has 0 N–H and O–H groups in total. The molecule has 2 aromatic rings. The van der Waals surface area contributed by atoms with E-state index in [-0.39, 0.29) is 0 Å². The molecule has 33 heavy (non-hydrogen) atoms. The predicted molar refractivity (Wildman–Crippen MR) is 118 cm³/mol. The smallest absolute Gasteiger partial charge is 0.410 e. The van der Waals surface area contributed by atoms with Crippen LogP contribution in [-0.4, -0.2) is 83.0 Å². The van der Waals surface area contributed by atoms with Crippen molar-refractivity contribution >= 4 is 12.1 Å². The summed E-state index contributed by atoms with van der Waals surface area (Å²) in [7, 11) is 1.31. The summed E-state index contributed by atoms with van der Waals surface area (Å²) in [4.78, 5) is 26.9. The molecule has 1 saturated heterocycles. The molecule has 0 unspecified atom stereocenters. The molecule has 180 valence electrons. The third-order valence-electron chi connectivity index (χ3n) is 5.14. The zero-order valence-electron chi connectivity index (χ0n) is 19.4. The molecule has 10 heteroatoms. The average molecular weight is 465 g/mol. The Morgan fingerprint density at radius 1 is 1.00 bits per heavy atom. The van der Waals surface area contributed by atoms with Crippen molar-refractivity contribution < 1.29 is 27.8 Å². The molecule has 8 nitrogen and oxygen atoms in total. The van der Waals surface area contributed by atoms with Crippen LogP contribution in [0.3, 0.4) is 0 Å². The van der Waals surface area contributed by atoms with E-state index in [1.807, 2.05) is 0 Å². The van der Waals surface area contributed by atoms with E-state index in [2.05, 4.69) is 9.84 Å². The van der Waals surface area contributed by atoms with Gasteiger partial charge in [-0.05, 0) is 38.5 Å². The second kappa shape index (κ2) is 9.86. The molecular weight excluding hydrogens is 434 g/mol. The third kappa shape index (κ3) is 6.98. The van der Waals surface area contributed by atoms with Gasteiger partial charge >= 0.3 is 12.1 Å². The molecule has 0 radical (unpaired) electrons. The van der Waals surface area contributed by atoms with Crippen LogP contribution < -0.4 is 0 Å². The van der Waals surface area contributed by atoms with Gasteiger partial charge < -0.3 is 14.4 Å². The Morgan fingerprint density at radius 2 is 1.64 bits per heavy atom. The van der Waals surface area contributed by atoms with E-state index in [9.17, 15) is 18.4 Å². The van der Waals surface area contributed by atoms with Crippen molar-refractivity contribution in [2.24, 2.45) is 0 Å². The number of carbonyl (C=O) groups is 2. The summed E-state index contributed by atoms with van der Waals surface area (Å²) in [6.07, 6.45) is 2.65. The Morgan fingerprint density at radius 3 is 2.21 bits per heavy atom. The van der Waals surface area contributed by atoms with Gasteiger partial charge in [0.05, 0.1) is 25.4 Å². The number of halogens is 2. The largest absolute Gasteiger partial charge is 0.465 e. The Labute approximate surface area is 192 Å². The van der Waals surface area contributed by atoms with Crippen molar-refractivity contribution in [3.05, 3.63) is 42.2 Å². The highest BCUT2D eigenvalue weighted by atomic mass is 19.3. The first kappa shape index (κ1) is 24.6. The number of amides is 1. The SMILES string of the molecule is COC(=O)c1ccc(-c2cnn(CC(F)(F)CN3CCN(C(=O)OC(C)(C)C)CC3)c2)cc1. The summed E-state index contributed by atoms with van der Waals surface area (Å²) in [5.74, 6) is -3.43. The molecule has 1 aliphatic heterocycles. The molecule has 0 saturated carbocycles. The molecule has 1 aromatic heterocycles. The van der Waals surface area contributed by atoms with Gasteiger partial charge in [0, 0.05) is 37.9 Å². The lowest BCUT2D eigenvalue weighted by Gasteiger charge is -2.36. The lowest BCUT2D eigenvalue weighted by Crippen LogP contribution is -2.52. The van der Waals surface area contributed by atoms with Crippen molar-refractivity contribution in [3.63, 3.8) is 0 Å². The maximum atomic E-state index is 14.7. The third-order valence-corrected chi connectivity index (χ3v) is 5.14. The molecule has 3 rings (SSSR count). The molecular formula is C23H30F2N4O4. The van der Waals surface area contributed by atoms with Gasteiger partial charge in [-0.1, -0.05) is 12.1 Å². The standard InChI is InChI=1S/C23H30F2N4O4/c1-22(2,3)33-21(31)28-11-9-27(10-12-28)15-23(24,25)16-29-14-19(13-26-29)17-5-7-18(8-6-17)20(30)32-4/h5-8,13-14H,9-12,15-16H2,1-4H3. The van der Waals surface area contributed by atoms with Crippen LogP contribution in [0.25, 0.3) is 11.1 Å². The van der Waals surface area contributed by atoms with E-state index in [4.69, 9.17) is 4.74 Å². The van der Waals surface area contributed by atoms with Crippen LogP contribution in [0.1, 0.15) is 31.1 Å². The van der Waals surface area contributed by atoms with Crippen molar-refractivity contribution in [3.8, 4) is 11.1 Å². The number of rotatable bonds is 6. The van der Waals surface area contributed by atoms with Gasteiger partial charge in [-0.15, -0.1) is 0 Å². The van der Waals surface area contributed by atoms with E-state index in [1.54, 1.807) is 61.0 Å². The van der Waals surface area contributed by atoms with Gasteiger partial charge in [-0.25, -0.2) is 18.4 Å². The Balaban J connectivity index is 1.53. The van der Waals surface area contributed by atoms with Crippen LogP contribution in [0.4, 0.5) is 13.6 Å². The lowest BCUT2D eigenvalue weighted by atomic mass is 10.1. The van der Waals surface area contributed by atoms with Gasteiger partial charge in [0.15, 0.2) is 0 Å². The normalized spacial score (nSPS) is 15.4. The summed E-state index contributed by atoms with van der Waals surface area (Å²) in [6.45, 7) is 5.80. The zero-order valence-corrected chi connectivity index (χ0v) is 19.4. The van der Waals surface area contributed by atoms with Gasteiger partial charge in [-0.2, -0.15) is 5.10 Å². The maximum absolute atomic E-state index is 14.7. The number of methoxy groups -OCH3 is 1. The summed E-state index contributed by atoms with van der Waals surface area (Å²) in [6, 6.07) is 6.67. The number of hydrogen-bond donors (Lipinski definition) is 0. The number of esters is 1. The summed E-state index contributed by atoms with van der Waals surface area (Å²) in [5, 5.41) is 4.07. The summed E-state index contributed by atoms with van der Waals surface area (Å²) >= 11 is 0. The quantitative estimate of drug-likeness (QED) is 0.609. The van der Waals surface area contributed by atoms with Crippen LogP contribution >= 0.6 is 0 Å². The summed E-state index contributed by atoms with van der Waals surface area (Å²) < 4.78 is 40.6. The molecule has 0 bridgehead atoms. The second-order valence-electron chi connectivity index (χ2n) is 9.10. The fourth-order valence-corrected chi connectivity index (χ4v) is 3.54. The van der Waals surface area contributed by atoms with Crippen molar-refractivity contribution in [2.75, 3.05) is 39.8 Å². The number of carbonyl (C=O) groups excluding carboxylic acids is 2. The number of ether oxygens (including phenoxy) is 2. The number of hydrogen-bond acceptors (Lipinski definition) is 6. The van der Waals surface area contributed by atoms with E-state index in [0.717, 1.165) is 5.56 Å². The molecule has 1 fully saturated rings. The second-order valence-corrected chi connectivity index (χ2v) is 9.10. The van der Waals surface area contributed by atoms with Gasteiger partial charge in [0.2, 0.25) is 0 Å². The molecule has 0 atom stereocenters. The van der Waals surface area contributed by atoms with E-state index >= 15 is 0 Å². The Bertz CT molecular complexity index is 962. The van der Waals surface area contributed by atoms with Crippen LogP contribution in [0.5, 0.6) is 0 Å². The number of piperazine rings is 1. The lowest BCUT2D eigenvalue weighted by molar-refractivity contribution is -0.0576. The minimum absolute atomic E-state index is 0.346. The topological polar surface area (TPSA) is 76.9 Å². The summed E-state index contributed by atoms with van der Waals surface area (Å²) in [5.41, 5.74) is 1.25. The minimum atomic E-state index is -2.99. The molecule has 0 spiro atoms. The highest BCUT2D eigenvalue weighted by Gasteiger charge is 2.35. The predicted octanol–water partition coefficient (Wildman–Crippen LogP) is 3.52. The van der Waals surface area contributed by atoms with Crippen molar-refractivity contribution in [1.82, 2.24) is 19.6 Å². The molecule has 0 aliphatic carbocycles. The Kier molecular flexibility index (Phi) is 7.36. The van der Waals surface area contributed by atoms with Crippen molar-refractivity contribution in [2.45, 2.75) is 38.8 Å². The van der Waals surface area contributed by atoms with Crippen LogP contribution in [0.2, 0.25) is 0 Å². The first-order valence-corrected chi connectivity index (χ1v) is 10.8. The fraction of sp³-hybridized carbons (Fsp3) is 0.522. The average Bonchev–Trinajstić information content (AvgIpc) is 3.20. The van der Waals surface area contributed by atoms with Gasteiger partial charge in [0.25, 0.3) is 5.92 Å². The maximum Gasteiger partial charge on any atom is 0.410 e. The van der Waals surface area contributed by atoms with Gasteiger partial charge in [0.1, 0.15) is 12.1 Å². The molecule has 2 heterocycles. The molecule has 1 aliphatic rings. The molecule has 1 aromatic carbocycles. The van der Waals surface area contributed by atoms with Crippen LogP contribution in [0.15, 0.2) is 36.7 Å². The molecule has 1 amide bonds. The van der Waals surface area contributed by atoms with Crippen LogP contribution in [0, 0.1) is 0 Å². The zero-order chi connectivity index (χ0) is 24.2. The number of nitrogens with zero attached hydrogens (tertiary/aromatic N) is 4. The fourth-order valence-electron chi connectivity index (χ4n) is 3.54. The van der Waals surface area contributed by atoms with E-state index in [0.29, 0.717) is 37.3 Å². The van der Waals surface area contributed by atoms with E-state index in [1.165, 1.54) is 18.0 Å². The van der Waals surface area contributed by atoms with Gasteiger partial charge in [-0.3, -0.25) is 9.58 Å². The number of alkyl halides is 2. The minimum Gasteiger partial charge on any atom is -0.465 e. The first-order valence-electron chi connectivity index (χ1n) is 10.8. The van der Waals surface area contributed by atoms with Crippen molar-refractivity contribution in [1.29, 1.82) is 0 Å². The monoisotopic (exact) mass is 464 g/mol. The highest BCUT2D eigenvalue weighted by molar-refractivity contribution is 5.89. The first-order chi connectivity index (χ1) is 15.5. The number of benzene rings is 1. The van der Waals surface area contributed by atoms with Crippen LogP contribution in [-0.2, 0) is 16.0 Å². The number of aromatic nitrogens is 2.